The molecular weight excluding hydrogens is 312 g/mol. The summed E-state index contributed by atoms with van der Waals surface area (Å²) in [6.07, 6.45) is 6.10. The van der Waals surface area contributed by atoms with E-state index in [1.807, 2.05) is 22.7 Å². The molecule has 1 aromatic heterocycles. The van der Waals surface area contributed by atoms with Crippen molar-refractivity contribution in [3.05, 3.63) is 23.7 Å². The molecule has 23 heavy (non-hydrogen) atoms. The van der Waals surface area contributed by atoms with Gasteiger partial charge in [0.05, 0.1) is 25.3 Å². The van der Waals surface area contributed by atoms with Crippen molar-refractivity contribution < 1.29 is 13.9 Å². The normalized spacial score (nSPS) is 23.2. The van der Waals surface area contributed by atoms with Crippen LogP contribution in [0.1, 0.15) is 29.0 Å². The molecule has 3 heterocycles. The van der Waals surface area contributed by atoms with Crippen LogP contribution in [0.15, 0.2) is 16.7 Å². The van der Waals surface area contributed by atoms with Crippen molar-refractivity contribution in [2.75, 3.05) is 51.4 Å². The summed E-state index contributed by atoms with van der Waals surface area (Å²) in [5, 5.41) is 0. The molecule has 0 saturated carbocycles. The Morgan fingerprint density at radius 1 is 1.35 bits per heavy atom. The average molecular weight is 338 g/mol. The van der Waals surface area contributed by atoms with E-state index in [0.29, 0.717) is 11.5 Å². The Balaban J connectivity index is 1.57. The Morgan fingerprint density at radius 2 is 2.17 bits per heavy atom. The number of amides is 1. The molecular formula is C17H26N2O3S. The number of carbonyl (C=O) groups is 1. The van der Waals surface area contributed by atoms with Gasteiger partial charge in [0.1, 0.15) is 12.0 Å². The quantitative estimate of drug-likeness (QED) is 0.824. The molecule has 2 aliphatic heterocycles. The molecule has 0 spiro atoms. The van der Waals surface area contributed by atoms with Gasteiger partial charge in [-0.3, -0.25) is 9.69 Å². The zero-order valence-corrected chi connectivity index (χ0v) is 14.6. The molecule has 5 nitrogen and oxygen atoms in total. The summed E-state index contributed by atoms with van der Waals surface area (Å²) in [5.41, 5.74) is 0.693. The lowest BCUT2D eigenvalue weighted by atomic mass is 9.99. The van der Waals surface area contributed by atoms with Crippen LogP contribution in [-0.2, 0) is 11.3 Å². The monoisotopic (exact) mass is 338 g/mol. The van der Waals surface area contributed by atoms with Crippen LogP contribution < -0.4 is 0 Å². The van der Waals surface area contributed by atoms with E-state index in [1.54, 1.807) is 6.26 Å². The molecule has 2 aliphatic rings. The zero-order valence-electron chi connectivity index (χ0n) is 13.8. The van der Waals surface area contributed by atoms with E-state index in [9.17, 15) is 4.79 Å². The molecule has 0 radical (unpaired) electrons. The largest absolute Gasteiger partial charge is 0.467 e. The molecule has 0 aliphatic carbocycles. The van der Waals surface area contributed by atoms with Crippen LogP contribution in [0.2, 0.25) is 0 Å². The molecule has 0 bridgehead atoms. The second-order valence-electron chi connectivity index (χ2n) is 6.40. The highest BCUT2D eigenvalue weighted by Crippen LogP contribution is 2.22. The number of ether oxygens (including phenoxy) is 1. The molecule has 0 N–H and O–H groups in total. The zero-order chi connectivity index (χ0) is 16.1. The molecule has 1 unspecified atom stereocenters. The van der Waals surface area contributed by atoms with Crippen LogP contribution in [0.4, 0.5) is 0 Å². The van der Waals surface area contributed by atoms with Crippen molar-refractivity contribution in [3.63, 3.8) is 0 Å². The van der Waals surface area contributed by atoms with Crippen LogP contribution in [0.5, 0.6) is 0 Å². The fraction of sp³-hybridized carbons (Fsp3) is 0.706. The van der Waals surface area contributed by atoms with Crippen LogP contribution in [0, 0.1) is 5.92 Å². The van der Waals surface area contributed by atoms with Crippen LogP contribution in [0.3, 0.4) is 0 Å². The van der Waals surface area contributed by atoms with E-state index in [4.69, 9.17) is 9.15 Å². The molecule has 1 aromatic rings. The first-order valence-corrected chi connectivity index (χ1v) is 9.81. The van der Waals surface area contributed by atoms with Crippen molar-refractivity contribution in [2.45, 2.75) is 19.4 Å². The number of morpholine rings is 1. The topological polar surface area (TPSA) is 45.9 Å². The third-order valence-corrected chi connectivity index (χ3v) is 5.40. The van der Waals surface area contributed by atoms with E-state index < -0.39 is 0 Å². The van der Waals surface area contributed by atoms with E-state index in [-0.39, 0.29) is 5.91 Å². The lowest BCUT2D eigenvalue weighted by Gasteiger charge is -2.32. The summed E-state index contributed by atoms with van der Waals surface area (Å²) in [4.78, 5) is 17.0. The van der Waals surface area contributed by atoms with E-state index in [0.717, 1.165) is 63.9 Å². The van der Waals surface area contributed by atoms with Gasteiger partial charge in [0.15, 0.2) is 0 Å². The maximum atomic E-state index is 12.7. The summed E-state index contributed by atoms with van der Waals surface area (Å²) in [5.74, 6) is 2.75. The van der Waals surface area contributed by atoms with Gasteiger partial charge in [-0.2, -0.15) is 11.8 Å². The highest BCUT2D eigenvalue weighted by molar-refractivity contribution is 7.98. The van der Waals surface area contributed by atoms with Gasteiger partial charge in [-0.15, -0.1) is 0 Å². The molecule has 128 valence electrons. The molecule has 0 aromatic carbocycles. The number of likely N-dealkylation sites (tertiary alicyclic amines) is 1. The van der Waals surface area contributed by atoms with E-state index in [2.05, 4.69) is 11.2 Å². The number of hydrogen-bond acceptors (Lipinski definition) is 5. The summed E-state index contributed by atoms with van der Waals surface area (Å²) < 4.78 is 11.0. The molecule has 3 rings (SSSR count). The highest BCUT2D eigenvalue weighted by atomic mass is 32.2. The van der Waals surface area contributed by atoms with E-state index in [1.165, 1.54) is 6.42 Å². The summed E-state index contributed by atoms with van der Waals surface area (Å²) in [7, 11) is 0. The number of hydrogen-bond donors (Lipinski definition) is 0. The Hall–Kier alpha value is -0.980. The van der Waals surface area contributed by atoms with Crippen molar-refractivity contribution >= 4 is 17.7 Å². The fourth-order valence-corrected chi connectivity index (χ4v) is 4.10. The van der Waals surface area contributed by atoms with Gasteiger partial charge in [-0.25, -0.2) is 0 Å². The number of rotatable bonds is 5. The Bertz CT molecular complexity index is 512. The van der Waals surface area contributed by atoms with Crippen molar-refractivity contribution in [1.82, 2.24) is 9.80 Å². The number of piperidine rings is 1. The highest BCUT2D eigenvalue weighted by Gasteiger charge is 2.25. The Kier molecular flexibility index (Phi) is 6.02. The molecule has 2 fully saturated rings. The molecule has 6 heteroatoms. The molecule has 1 atom stereocenters. The SMILES string of the molecule is CSCC1CCCN(C(=O)c2coc(CN3CCOCC3)c2)C1. The van der Waals surface area contributed by atoms with Gasteiger partial charge in [0.25, 0.3) is 5.91 Å². The summed E-state index contributed by atoms with van der Waals surface area (Å²) in [6, 6.07) is 1.91. The van der Waals surface area contributed by atoms with Crippen LogP contribution in [0.25, 0.3) is 0 Å². The Labute approximate surface area is 142 Å². The third-order valence-electron chi connectivity index (χ3n) is 4.59. The fourth-order valence-electron chi connectivity index (χ4n) is 3.36. The maximum Gasteiger partial charge on any atom is 0.257 e. The van der Waals surface area contributed by atoms with Gasteiger partial charge in [0.2, 0.25) is 0 Å². The second-order valence-corrected chi connectivity index (χ2v) is 7.32. The van der Waals surface area contributed by atoms with Crippen molar-refractivity contribution in [2.24, 2.45) is 5.92 Å². The van der Waals surface area contributed by atoms with Crippen molar-refractivity contribution in [3.8, 4) is 0 Å². The van der Waals surface area contributed by atoms with Gasteiger partial charge < -0.3 is 14.1 Å². The van der Waals surface area contributed by atoms with Crippen LogP contribution >= 0.6 is 11.8 Å². The predicted octanol–water partition coefficient (Wildman–Crippen LogP) is 2.33. The number of carbonyl (C=O) groups excluding carboxylic acids is 1. The van der Waals surface area contributed by atoms with Gasteiger partial charge in [0, 0.05) is 26.2 Å². The minimum absolute atomic E-state index is 0.118. The first kappa shape index (κ1) is 16.9. The predicted molar refractivity (Wildman–Crippen MR) is 91.8 cm³/mol. The number of thioether (sulfide) groups is 1. The average Bonchev–Trinajstić information content (AvgIpc) is 3.04. The minimum atomic E-state index is 0.118. The lowest BCUT2D eigenvalue weighted by molar-refractivity contribution is 0.0313. The van der Waals surface area contributed by atoms with Gasteiger partial charge in [-0.05, 0) is 36.8 Å². The first-order valence-electron chi connectivity index (χ1n) is 8.42. The van der Waals surface area contributed by atoms with Crippen LogP contribution in [-0.4, -0.2) is 67.1 Å². The third kappa shape index (κ3) is 4.52. The molecule has 2 saturated heterocycles. The van der Waals surface area contributed by atoms with E-state index >= 15 is 0 Å². The number of nitrogens with zero attached hydrogens (tertiary/aromatic N) is 2. The lowest BCUT2D eigenvalue weighted by Crippen LogP contribution is -2.40. The number of furan rings is 1. The minimum Gasteiger partial charge on any atom is -0.467 e. The summed E-state index contributed by atoms with van der Waals surface area (Å²) in [6.45, 7) is 5.90. The summed E-state index contributed by atoms with van der Waals surface area (Å²) >= 11 is 1.87. The maximum absolute atomic E-state index is 12.7. The van der Waals surface area contributed by atoms with Gasteiger partial charge in [-0.1, -0.05) is 0 Å². The second kappa shape index (κ2) is 8.22. The smallest absolute Gasteiger partial charge is 0.257 e. The Morgan fingerprint density at radius 3 is 2.96 bits per heavy atom. The molecule has 1 amide bonds. The first-order chi connectivity index (χ1) is 11.3. The standard InChI is InChI=1S/C17H26N2O3S/c1-23-13-14-3-2-4-19(10-14)17(20)15-9-16(22-12-15)11-18-5-7-21-8-6-18/h9,12,14H,2-8,10-11,13H2,1H3. The van der Waals surface area contributed by atoms with Gasteiger partial charge >= 0.3 is 0 Å². The van der Waals surface area contributed by atoms with Crippen molar-refractivity contribution in [1.29, 1.82) is 0 Å².